The summed E-state index contributed by atoms with van der Waals surface area (Å²) >= 11 is 16.4. The number of hydrogen-bond donors (Lipinski definition) is 2. The molecule has 6 heteroatoms. The van der Waals surface area contributed by atoms with Crippen LogP contribution in [0.1, 0.15) is 5.56 Å². The third kappa shape index (κ3) is 3.50. The summed E-state index contributed by atoms with van der Waals surface area (Å²) < 4.78 is -1.77. The summed E-state index contributed by atoms with van der Waals surface area (Å²) in [5.41, 5.74) is 0.999. The third-order valence-electron chi connectivity index (χ3n) is 1.51. The fourth-order valence-corrected chi connectivity index (χ4v) is 1.00. The van der Waals surface area contributed by atoms with Gasteiger partial charge in [-0.1, -0.05) is 34.8 Å². The zero-order valence-electron chi connectivity index (χ0n) is 7.34. The number of hydrogen-bond acceptors (Lipinski definition) is 3. The normalized spacial score (nSPS) is 13.8. The lowest BCUT2D eigenvalue weighted by atomic mass is 10.3. The summed E-state index contributed by atoms with van der Waals surface area (Å²) in [6.45, 7) is 1.90. The maximum atomic E-state index is 9.38. The second-order valence-electron chi connectivity index (χ2n) is 2.81. The van der Waals surface area contributed by atoms with Gasteiger partial charge in [0.2, 0.25) is 3.79 Å². The van der Waals surface area contributed by atoms with Crippen LogP contribution in [0.25, 0.3) is 0 Å². The van der Waals surface area contributed by atoms with Gasteiger partial charge < -0.3 is 10.4 Å². The number of nitrogens with one attached hydrogen (secondary N) is 1. The number of pyridine rings is 1. The number of alkyl halides is 3. The van der Waals surface area contributed by atoms with Crippen molar-refractivity contribution in [3.05, 3.63) is 23.9 Å². The Morgan fingerprint density at radius 2 is 2.14 bits per heavy atom. The van der Waals surface area contributed by atoms with E-state index in [9.17, 15) is 5.11 Å². The van der Waals surface area contributed by atoms with Crippen LogP contribution in [0.3, 0.4) is 0 Å². The molecule has 0 aliphatic heterocycles. The van der Waals surface area contributed by atoms with Crippen LogP contribution in [0.4, 0.5) is 5.82 Å². The number of nitrogens with zero attached hydrogens (tertiary/aromatic N) is 1. The molecule has 0 radical (unpaired) electrons. The molecule has 1 rings (SSSR count). The molecule has 1 atom stereocenters. The molecule has 0 aliphatic rings. The van der Waals surface area contributed by atoms with E-state index in [1.165, 1.54) is 0 Å². The van der Waals surface area contributed by atoms with Crippen LogP contribution in [0.15, 0.2) is 18.3 Å². The molecule has 0 unspecified atom stereocenters. The van der Waals surface area contributed by atoms with Crippen molar-refractivity contribution in [2.24, 2.45) is 0 Å². The first-order chi connectivity index (χ1) is 6.39. The lowest BCUT2D eigenvalue weighted by Gasteiger charge is -2.20. The highest BCUT2D eigenvalue weighted by atomic mass is 35.6. The summed E-state index contributed by atoms with van der Waals surface area (Å²) in [6, 6.07) is 3.56. The lowest BCUT2D eigenvalue weighted by Crippen LogP contribution is -2.33. The molecule has 1 heterocycles. The van der Waals surface area contributed by atoms with E-state index >= 15 is 0 Å². The second kappa shape index (κ2) is 4.53. The van der Waals surface area contributed by atoms with Crippen LogP contribution in [0.5, 0.6) is 0 Å². The van der Waals surface area contributed by atoms with Crippen molar-refractivity contribution in [3.8, 4) is 0 Å². The Morgan fingerprint density at radius 3 is 2.64 bits per heavy atom. The number of aromatic nitrogens is 1. The Hall–Kier alpha value is -0.220. The summed E-state index contributed by atoms with van der Waals surface area (Å²) in [6.07, 6.45) is 0.310. The number of anilines is 1. The SMILES string of the molecule is Cc1ccnc(N[C@H](O)C(Cl)(Cl)Cl)c1. The minimum atomic E-state index is -1.77. The van der Waals surface area contributed by atoms with Gasteiger partial charge >= 0.3 is 0 Å². The molecular weight excluding hydrogens is 246 g/mol. The van der Waals surface area contributed by atoms with Crippen LogP contribution < -0.4 is 5.32 Å². The average molecular weight is 256 g/mol. The molecule has 0 saturated carbocycles. The van der Waals surface area contributed by atoms with Gasteiger partial charge in [-0.15, -0.1) is 0 Å². The molecule has 3 nitrogen and oxygen atoms in total. The zero-order valence-corrected chi connectivity index (χ0v) is 9.61. The Bertz CT molecular complexity index is 314. The Balaban J connectivity index is 2.70. The van der Waals surface area contributed by atoms with Gasteiger partial charge in [0.25, 0.3) is 0 Å². The molecule has 0 bridgehead atoms. The number of halogens is 3. The van der Waals surface area contributed by atoms with Gasteiger partial charge in [-0.2, -0.15) is 0 Å². The minimum Gasteiger partial charge on any atom is -0.369 e. The molecule has 78 valence electrons. The summed E-state index contributed by atoms with van der Waals surface area (Å²) in [7, 11) is 0. The number of aliphatic hydroxyl groups excluding tert-OH is 1. The molecule has 14 heavy (non-hydrogen) atoms. The fourth-order valence-electron chi connectivity index (χ4n) is 0.837. The maximum absolute atomic E-state index is 9.38. The van der Waals surface area contributed by atoms with Crippen molar-refractivity contribution < 1.29 is 5.11 Å². The van der Waals surface area contributed by atoms with Crippen molar-refractivity contribution >= 4 is 40.6 Å². The van der Waals surface area contributed by atoms with Crippen LogP contribution in [-0.4, -0.2) is 20.1 Å². The number of aryl methyl sites for hydroxylation is 1. The van der Waals surface area contributed by atoms with Crippen molar-refractivity contribution in [1.82, 2.24) is 4.98 Å². The molecule has 0 fully saturated rings. The smallest absolute Gasteiger partial charge is 0.234 e. The van der Waals surface area contributed by atoms with Crippen LogP contribution >= 0.6 is 34.8 Å². The molecule has 1 aromatic heterocycles. The molecule has 0 amide bonds. The van der Waals surface area contributed by atoms with E-state index in [4.69, 9.17) is 34.8 Å². The highest BCUT2D eigenvalue weighted by Gasteiger charge is 2.30. The lowest BCUT2D eigenvalue weighted by molar-refractivity contribution is 0.207. The van der Waals surface area contributed by atoms with E-state index in [2.05, 4.69) is 10.3 Å². The summed E-state index contributed by atoms with van der Waals surface area (Å²) in [4.78, 5) is 3.95. The first-order valence-corrected chi connectivity index (χ1v) is 4.97. The van der Waals surface area contributed by atoms with Gasteiger partial charge in [-0.3, -0.25) is 0 Å². The molecular formula is C8H9Cl3N2O. The fraction of sp³-hybridized carbons (Fsp3) is 0.375. The first-order valence-electron chi connectivity index (χ1n) is 3.83. The van der Waals surface area contributed by atoms with Gasteiger partial charge in [0, 0.05) is 6.20 Å². The number of aliphatic hydroxyl groups is 1. The van der Waals surface area contributed by atoms with E-state index in [1.807, 2.05) is 13.0 Å². The van der Waals surface area contributed by atoms with E-state index in [1.54, 1.807) is 12.3 Å². The van der Waals surface area contributed by atoms with Gasteiger partial charge in [-0.05, 0) is 24.6 Å². The predicted molar refractivity (Wildman–Crippen MR) is 58.9 cm³/mol. The predicted octanol–water partition coefficient (Wildman–Crippen LogP) is 2.49. The molecule has 0 aliphatic carbocycles. The molecule has 0 spiro atoms. The molecule has 0 saturated heterocycles. The van der Waals surface area contributed by atoms with Gasteiger partial charge in [0.15, 0.2) is 6.23 Å². The summed E-state index contributed by atoms with van der Waals surface area (Å²) in [5, 5.41) is 12.0. The van der Waals surface area contributed by atoms with Gasteiger partial charge in [0.05, 0.1) is 0 Å². The first kappa shape index (κ1) is 11.9. The van der Waals surface area contributed by atoms with Crippen molar-refractivity contribution in [2.45, 2.75) is 16.9 Å². The molecule has 1 aromatic rings. The van der Waals surface area contributed by atoms with E-state index in [-0.39, 0.29) is 0 Å². The monoisotopic (exact) mass is 254 g/mol. The van der Waals surface area contributed by atoms with E-state index in [0.717, 1.165) is 5.56 Å². The van der Waals surface area contributed by atoms with E-state index in [0.29, 0.717) is 5.82 Å². The highest BCUT2D eigenvalue weighted by Crippen LogP contribution is 2.30. The van der Waals surface area contributed by atoms with Crippen molar-refractivity contribution in [2.75, 3.05) is 5.32 Å². The van der Waals surface area contributed by atoms with Gasteiger partial charge in [0.1, 0.15) is 5.82 Å². The Kier molecular flexibility index (Phi) is 3.84. The largest absolute Gasteiger partial charge is 0.369 e. The maximum Gasteiger partial charge on any atom is 0.234 e. The topological polar surface area (TPSA) is 45.2 Å². The van der Waals surface area contributed by atoms with Crippen LogP contribution in [0, 0.1) is 6.92 Å². The minimum absolute atomic E-state index is 0.462. The average Bonchev–Trinajstić information content (AvgIpc) is 2.02. The Labute approximate surface area is 97.0 Å². The van der Waals surface area contributed by atoms with Crippen LogP contribution in [-0.2, 0) is 0 Å². The highest BCUT2D eigenvalue weighted by molar-refractivity contribution is 6.68. The zero-order chi connectivity index (χ0) is 10.8. The number of rotatable bonds is 2. The summed E-state index contributed by atoms with van der Waals surface area (Å²) in [5.74, 6) is 0.462. The quantitative estimate of drug-likeness (QED) is 0.630. The van der Waals surface area contributed by atoms with E-state index < -0.39 is 10.0 Å². The standard InChI is InChI=1S/C8H9Cl3N2O/c1-5-2-3-12-6(4-5)13-7(14)8(9,10)11/h2-4,7,14H,1H3,(H,12,13)/t7-/m1/s1. The van der Waals surface area contributed by atoms with Crippen molar-refractivity contribution in [3.63, 3.8) is 0 Å². The molecule has 0 aromatic carbocycles. The molecule has 2 N–H and O–H groups in total. The van der Waals surface area contributed by atoms with Crippen LogP contribution in [0.2, 0.25) is 0 Å². The second-order valence-corrected chi connectivity index (χ2v) is 5.18. The van der Waals surface area contributed by atoms with Gasteiger partial charge in [-0.25, -0.2) is 4.98 Å². The third-order valence-corrected chi connectivity index (χ3v) is 2.13. The van der Waals surface area contributed by atoms with Crippen molar-refractivity contribution in [1.29, 1.82) is 0 Å². The Morgan fingerprint density at radius 1 is 1.50 bits per heavy atom.